The summed E-state index contributed by atoms with van der Waals surface area (Å²) < 4.78 is 0. The van der Waals surface area contributed by atoms with Crippen molar-refractivity contribution in [3.05, 3.63) is 71.8 Å². The first kappa shape index (κ1) is 20.5. The lowest BCUT2D eigenvalue weighted by molar-refractivity contribution is 0.185. The van der Waals surface area contributed by atoms with E-state index in [2.05, 4.69) is 24.3 Å². The average Bonchev–Trinajstić information content (AvgIpc) is 2.68. The van der Waals surface area contributed by atoms with Gasteiger partial charge in [0.05, 0.1) is 0 Å². The molecule has 2 rings (SSSR count). The molecule has 0 heterocycles. The Morgan fingerprint density at radius 1 is 0.923 bits per heavy atom. The minimum Gasteiger partial charge on any atom is -0.384 e. The minimum atomic E-state index is -0.838. The molecule has 0 saturated heterocycles. The molecule has 0 spiro atoms. The second-order valence-electron chi connectivity index (χ2n) is 6.56. The van der Waals surface area contributed by atoms with Crippen molar-refractivity contribution in [2.45, 2.75) is 44.5 Å². The highest BCUT2D eigenvalue weighted by Crippen LogP contribution is 2.15. The number of thiocarbonyl (C=S) groups is 1. The summed E-state index contributed by atoms with van der Waals surface area (Å²) in [6.45, 7) is 1.92. The van der Waals surface area contributed by atoms with Gasteiger partial charge >= 0.3 is 0 Å². The van der Waals surface area contributed by atoms with Crippen LogP contribution in [0.3, 0.4) is 0 Å². The highest BCUT2D eigenvalue weighted by Gasteiger charge is 2.24. The molecule has 0 amide bonds. The maximum Gasteiger partial charge on any atom is 0.119 e. The Morgan fingerprint density at radius 2 is 1.42 bits per heavy atom. The van der Waals surface area contributed by atoms with Gasteiger partial charge in [0.15, 0.2) is 0 Å². The molecule has 0 aromatic heterocycles. The van der Waals surface area contributed by atoms with Crippen LogP contribution in [0, 0.1) is 0 Å². The van der Waals surface area contributed by atoms with Crippen LogP contribution >= 0.6 is 12.2 Å². The summed E-state index contributed by atoms with van der Waals surface area (Å²) in [4.78, 5) is 2.53. The maximum absolute atomic E-state index is 10.7. The molecule has 2 aromatic carbocycles. The lowest BCUT2D eigenvalue weighted by Crippen LogP contribution is -2.46. The second-order valence-corrected chi connectivity index (χ2v) is 6.98. The average molecular weight is 372 g/mol. The van der Waals surface area contributed by atoms with Crippen LogP contribution in [0.1, 0.15) is 30.4 Å². The van der Waals surface area contributed by atoms with Gasteiger partial charge in [-0.15, -0.1) is 0 Å². The summed E-state index contributed by atoms with van der Waals surface area (Å²) in [7, 11) is 0. The van der Waals surface area contributed by atoms with Crippen molar-refractivity contribution >= 4 is 17.2 Å². The molecule has 5 N–H and O–H groups in total. The Kier molecular flexibility index (Phi) is 8.71. The third-order valence-electron chi connectivity index (χ3n) is 4.39. The van der Waals surface area contributed by atoms with Gasteiger partial charge in [-0.1, -0.05) is 79.3 Å². The van der Waals surface area contributed by atoms with E-state index in [1.807, 2.05) is 41.3 Å². The number of nitrogens with zero attached hydrogens (tertiary/aromatic N) is 1. The molecule has 2 aromatic rings. The molecule has 0 bridgehead atoms. The largest absolute Gasteiger partial charge is 0.384 e. The first-order valence-corrected chi connectivity index (χ1v) is 9.53. The molecule has 0 aliphatic carbocycles. The summed E-state index contributed by atoms with van der Waals surface area (Å²) in [6.07, 6.45) is 1.68. The van der Waals surface area contributed by atoms with E-state index in [0.29, 0.717) is 31.0 Å². The summed E-state index contributed by atoms with van der Waals surface area (Å²) in [5, 5.41) is 10.7. The summed E-state index contributed by atoms with van der Waals surface area (Å²) in [5.74, 6) is 0. The number of unbranched alkanes of at least 4 members (excludes halogenated alkanes) is 1. The van der Waals surface area contributed by atoms with Crippen molar-refractivity contribution < 1.29 is 5.11 Å². The van der Waals surface area contributed by atoms with Crippen LogP contribution in [0.5, 0.6) is 0 Å². The standard InChI is InChI=1S/C21H29N3OS/c22-14-8-7-13-19(23)20(25)21(26)24(15-17-9-3-1-4-10-17)16-18-11-5-2-6-12-18/h1-6,9-12,19-20,25H,7-8,13-16,22-23H2. The predicted octanol–water partition coefficient (Wildman–Crippen LogP) is 2.83. The monoisotopic (exact) mass is 371 g/mol. The summed E-state index contributed by atoms with van der Waals surface area (Å²) in [5.41, 5.74) is 14.0. The zero-order chi connectivity index (χ0) is 18.8. The number of aliphatic hydroxyl groups is 1. The number of hydrogen-bond donors (Lipinski definition) is 3. The Morgan fingerprint density at radius 3 is 1.88 bits per heavy atom. The van der Waals surface area contributed by atoms with E-state index in [0.717, 1.165) is 24.0 Å². The molecular formula is C21H29N3OS. The quantitative estimate of drug-likeness (QED) is 0.442. The maximum atomic E-state index is 10.7. The minimum absolute atomic E-state index is 0.372. The van der Waals surface area contributed by atoms with E-state index in [4.69, 9.17) is 23.7 Å². The van der Waals surface area contributed by atoms with Crippen LogP contribution in [0.4, 0.5) is 0 Å². The molecule has 26 heavy (non-hydrogen) atoms. The van der Waals surface area contributed by atoms with Crippen molar-refractivity contribution in [3.8, 4) is 0 Å². The fraction of sp³-hybridized carbons (Fsp3) is 0.381. The van der Waals surface area contributed by atoms with Gasteiger partial charge < -0.3 is 21.5 Å². The van der Waals surface area contributed by atoms with Crippen molar-refractivity contribution in [3.63, 3.8) is 0 Å². The van der Waals surface area contributed by atoms with E-state index in [-0.39, 0.29) is 6.04 Å². The van der Waals surface area contributed by atoms with Gasteiger partial charge in [0.2, 0.25) is 0 Å². The Balaban J connectivity index is 2.09. The number of rotatable bonds is 10. The second kappa shape index (κ2) is 11.0. The number of nitrogens with two attached hydrogens (primary N) is 2. The first-order valence-electron chi connectivity index (χ1n) is 9.12. The molecule has 140 valence electrons. The zero-order valence-electron chi connectivity index (χ0n) is 15.1. The summed E-state index contributed by atoms with van der Waals surface area (Å²) >= 11 is 5.62. The normalized spacial score (nSPS) is 13.2. The number of hydrogen-bond acceptors (Lipinski definition) is 4. The first-order chi connectivity index (χ1) is 12.6. The van der Waals surface area contributed by atoms with E-state index in [1.54, 1.807) is 0 Å². The van der Waals surface area contributed by atoms with Crippen LogP contribution < -0.4 is 11.5 Å². The highest BCUT2D eigenvalue weighted by molar-refractivity contribution is 7.80. The number of aliphatic hydroxyl groups excluding tert-OH is 1. The van der Waals surface area contributed by atoms with Crippen LogP contribution in [0.25, 0.3) is 0 Å². The topological polar surface area (TPSA) is 75.5 Å². The lowest BCUT2D eigenvalue weighted by Gasteiger charge is -2.31. The van der Waals surface area contributed by atoms with E-state index >= 15 is 0 Å². The van der Waals surface area contributed by atoms with Gasteiger partial charge in [-0.2, -0.15) is 0 Å². The van der Waals surface area contributed by atoms with Crippen molar-refractivity contribution in [1.29, 1.82) is 0 Å². The van der Waals surface area contributed by atoms with Gasteiger partial charge in [0.25, 0.3) is 0 Å². The fourth-order valence-corrected chi connectivity index (χ4v) is 3.18. The molecular weight excluding hydrogens is 342 g/mol. The number of benzene rings is 2. The zero-order valence-corrected chi connectivity index (χ0v) is 15.9. The van der Waals surface area contributed by atoms with E-state index in [1.165, 1.54) is 0 Å². The van der Waals surface area contributed by atoms with Gasteiger partial charge in [-0.05, 0) is 30.5 Å². The van der Waals surface area contributed by atoms with Crippen molar-refractivity contribution in [2.24, 2.45) is 11.5 Å². The van der Waals surface area contributed by atoms with Crippen molar-refractivity contribution in [1.82, 2.24) is 4.90 Å². The molecule has 5 heteroatoms. The van der Waals surface area contributed by atoms with Crippen LogP contribution in [0.15, 0.2) is 60.7 Å². The Hall–Kier alpha value is -1.79. The van der Waals surface area contributed by atoms with Gasteiger partial charge in [-0.25, -0.2) is 0 Å². The van der Waals surface area contributed by atoms with Gasteiger partial charge in [0, 0.05) is 19.1 Å². The molecule has 0 fully saturated rings. The van der Waals surface area contributed by atoms with Gasteiger partial charge in [-0.3, -0.25) is 0 Å². The lowest BCUT2D eigenvalue weighted by atomic mass is 10.0. The Labute approximate surface area is 161 Å². The van der Waals surface area contributed by atoms with Crippen LogP contribution in [0.2, 0.25) is 0 Å². The molecule has 2 atom stereocenters. The predicted molar refractivity (Wildman–Crippen MR) is 112 cm³/mol. The van der Waals surface area contributed by atoms with Crippen molar-refractivity contribution in [2.75, 3.05) is 6.54 Å². The van der Waals surface area contributed by atoms with Gasteiger partial charge in [0.1, 0.15) is 11.1 Å². The van der Waals surface area contributed by atoms with E-state index < -0.39 is 6.10 Å². The van der Waals surface area contributed by atoms with E-state index in [9.17, 15) is 5.11 Å². The molecule has 0 aliphatic heterocycles. The molecule has 0 radical (unpaired) electrons. The third kappa shape index (κ3) is 6.50. The fourth-order valence-electron chi connectivity index (χ4n) is 2.87. The Bertz CT molecular complexity index is 609. The molecule has 0 aliphatic rings. The SMILES string of the molecule is NCCCCC(N)C(O)C(=S)N(Cc1ccccc1)Cc1ccccc1. The molecule has 4 nitrogen and oxygen atoms in total. The third-order valence-corrected chi connectivity index (χ3v) is 4.89. The van der Waals surface area contributed by atoms with Crippen LogP contribution in [-0.4, -0.2) is 33.7 Å². The highest BCUT2D eigenvalue weighted by atomic mass is 32.1. The smallest absolute Gasteiger partial charge is 0.119 e. The van der Waals surface area contributed by atoms with Crippen LogP contribution in [-0.2, 0) is 13.1 Å². The molecule has 2 unspecified atom stereocenters. The summed E-state index contributed by atoms with van der Waals surface area (Å²) in [6, 6.07) is 19.9. The molecule has 0 saturated carbocycles.